The number of carbonyl (C=O) groups excluding carboxylic acids is 2. The van der Waals surface area contributed by atoms with Crippen molar-refractivity contribution in [3.05, 3.63) is 63.6 Å². The lowest BCUT2D eigenvalue weighted by molar-refractivity contribution is -0.139. The van der Waals surface area contributed by atoms with E-state index in [-0.39, 0.29) is 0 Å². The second kappa shape index (κ2) is 9.79. The molecule has 2 amide bonds. The number of rotatable bonds is 6. The first kappa shape index (κ1) is 19.8. The first-order chi connectivity index (χ1) is 12.5. The summed E-state index contributed by atoms with van der Waals surface area (Å²) in [6, 6.07) is 12.4. The summed E-state index contributed by atoms with van der Waals surface area (Å²) in [7, 11) is 0. The smallest absolute Gasteiger partial charge is 0.329 e. The van der Waals surface area contributed by atoms with Crippen LogP contribution in [-0.2, 0) is 16.2 Å². The zero-order chi connectivity index (χ0) is 18.9. The van der Waals surface area contributed by atoms with Crippen molar-refractivity contribution in [3.63, 3.8) is 0 Å². The van der Waals surface area contributed by atoms with Crippen molar-refractivity contribution in [1.29, 1.82) is 0 Å². The summed E-state index contributed by atoms with van der Waals surface area (Å²) in [5.41, 5.74) is 3.79. The van der Waals surface area contributed by atoms with Crippen molar-refractivity contribution >= 4 is 41.2 Å². The molecule has 0 aliphatic rings. The Labute approximate surface area is 161 Å². The molecule has 0 aliphatic carbocycles. The molecule has 136 valence electrons. The summed E-state index contributed by atoms with van der Waals surface area (Å²) < 4.78 is 5.67. The molecule has 0 atom stereocenters. The summed E-state index contributed by atoms with van der Waals surface area (Å²) in [6.45, 7) is 2.45. The van der Waals surface area contributed by atoms with E-state index < -0.39 is 11.8 Å². The standard InChI is InChI=1S/C18H17Cl2N3O3/c1-2-21-17(24)18(25)23-22-10-12-3-6-14(7-4-12)26-11-13-5-8-15(19)16(20)9-13/h3-10H,2,11H2,1H3,(H,21,24)(H,23,25)/b22-10-. The van der Waals surface area contributed by atoms with Gasteiger partial charge in [0.1, 0.15) is 12.4 Å². The van der Waals surface area contributed by atoms with Crippen LogP contribution in [0.3, 0.4) is 0 Å². The van der Waals surface area contributed by atoms with Crippen LogP contribution in [0.4, 0.5) is 0 Å². The molecule has 0 saturated carbocycles. The number of hydrogen-bond donors (Lipinski definition) is 2. The summed E-state index contributed by atoms with van der Waals surface area (Å²) in [4.78, 5) is 22.6. The summed E-state index contributed by atoms with van der Waals surface area (Å²) in [5.74, 6) is -0.875. The Morgan fingerprint density at radius 3 is 2.46 bits per heavy atom. The molecule has 0 saturated heterocycles. The molecule has 0 aliphatic heterocycles. The fraction of sp³-hybridized carbons (Fsp3) is 0.167. The third kappa shape index (κ3) is 6.06. The normalized spacial score (nSPS) is 10.6. The predicted octanol–water partition coefficient (Wildman–Crippen LogP) is 3.16. The lowest BCUT2D eigenvalue weighted by atomic mass is 10.2. The van der Waals surface area contributed by atoms with Crippen LogP contribution in [-0.4, -0.2) is 24.6 Å². The number of amides is 2. The van der Waals surface area contributed by atoms with Gasteiger partial charge in [-0.25, -0.2) is 5.43 Å². The number of carbonyl (C=O) groups is 2. The van der Waals surface area contributed by atoms with E-state index in [1.807, 2.05) is 6.07 Å². The maximum atomic E-state index is 11.4. The molecule has 0 spiro atoms. The number of ether oxygens (including phenoxy) is 1. The van der Waals surface area contributed by atoms with Gasteiger partial charge >= 0.3 is 11.8 Å². The monoisotopic (exact) mass is 393 g/mol. The van der Waals surface area contributed by atoms with E-state index in [0.717, 1.165) is 11.1 Å². The molecule has 26 heavy (non-hydrogen) atoms. The third-order valence-corrected chi connectivity index (χ3v) is 3.93. The first-order valence-corrected chi connectivity index (χ1v) is 8.53. The number of likely N-dealkylation sites (N-methyl/N-ethyl adjacent to an activating group) is 1. The SMILES string of the molecule is CCNC(=O)C(=O)N/N=C\c1ccc(OCc2ccc(Cl)c(Cl)c2)cc1. The van der Waals surface area contributed by atoms with Crippen molar-refractivity contribution in [2.24, 2.45) is 5.10 Å². The number of hydrogen-bond acceptors (Lipinski definition) is 4. The van der Waals surface area contributed by atoms with Crippen LogP contribution in [0.5, 0.6) is 5.75 Å². The second-order valence-corrected chi connectivity index (χ2v) is 5.98. The zero-order valence-electron chi connectivity index (χ0n) is 14.0. The average Bonchev–Trinajstić information content (AvgIpc) is 2.64. The molecule has 0 radical (unpaired) electrons. The Balaban J connectivity index is 1.85. The minimum atomic E-state index is -0.815. The largest absolute Gasteiger partial charge is 0.489 e. The van der Waals surface area contributed by atoms with Crippen LogP contribution in [0.15, 0.2) is 47.6 Å². The van der Waals surface area contributed by atoms with Gasteiger partial charge in [0.2, 0.25) is 0 Å². The van der Waals surface area contributed by atoms with Gasteiger partial charge in [-0.15, -0.1) is 0 Å². The van der Waals surface area contributed by atoms with E-state index in [1.165, 1.54) is 6.21 Å². The van der Waals surface area contributed by atoms with Crippen LogP contribution < -0.4 is 15.5 Å². The lowest BCUT2D eigenvalue weighted by Crippen LogP contribution is -2.37. The van der Waals surface area contributed by atoms with Gasteiger partial charge in [0.25, 0.3) is 0 Å². The summed E-state index contributed by atoms with van der Waals surface area (Å²) in [6.07, 6.45) is 1.43. The molecule has 0 bridgehead atoms. The molecule has 6 nitrogen and oxygen atoms in total. The van der Waals surface area contributed by atoms with Crippen molar-refractivity contribution in [3.8, 4) is 5.75 Å². The van der Waals surface area contributed by atoms with E-state index in [1.54, 1.807) is 43.3 Å². The van der Waals surface area contributed by atoms with Gasteiger partial charge < -0.3 is 10.1 Å². The highest BCUT2D eigenvalue weighted by Crippen LogP contribution is 2.23. The minimum absolute atomic E-state index is 0.354. The van der Waals surface area contributed by atoms with E-state index in [4.69, 9.17) is 27.9 Å². The highest BCUT2D eigenvalue weighted by atomic mass is 35.5. The van der Waals surface area contributed by atoms with Gasteiger partial charge in [-0.1, -0.05) is 29.3 Å². The molecule has 0 fully saturated rings. The number of hydrazone groups is 1. The molecule has 0 heterocycles. The number of halogens is 2. The van der Waals surface area contributed by atoms with E-state index in [2.05, 4.69) is 15.8 Å². The first-order valence-electron chi connectivity index (χ1n) is 7.77. The van der Waals surface area contributed by atoms with Crippen LogP contribution in [0.25, 0.3) is 0 Å². The number of benzene rings is 2. The van der Waals surface area contributed by atoms with Gasteiger partial charge in [-0.05, 0) is 54.4 Å². The second-order valence-electron chi connectivity index (χ2n) is 5.16. The number of nitrogens with zero attached hydrogens (tertiary/aromatic N) is 1. The zero-order valence-corrected chi connectivity index (χ0v) is 15.5. The van der Waals surface area contributed by atoms with Crippen molar-refractivity contribution in [1.82, 2.24) is 10.7 Å². The van der Waals surface area contributed by atoms with Crippen LogP contribution in [0.1, 0.15) is 18.1 Å². The lowest BCUT2D eigenvalue weighted by Gasteiger charge is -2.07. The van der Waals surface area contributed by atoms with E-state index in [9.17, 15) is 9.59 Å². The van der Waals surface area contributed by atoms with Crippen LogP contribution in [0.2, 0.25) is 10.0 Å². The molecular weight excluding hydrogens is 377 g/mol. The highest BCUT2D eigenvalue weighted by Gasteiger charge is 2.10. The van der Waals surface area contributed by atoms with Crippen LogP contribution >= 0.6 is 23.2 Å². The van der Waals surface area contributed by atoms with E-state index >= 15 is 0 Å². The summed E-state index contributed by atoms with van der Waals surface area (Å²) in [5, 5.41) is 7.09. The van der Waals surface area contributed by atoms with Gasteiger partial charge in [0.05, 0.1) is 16.3 Å². The molecule has 2 rings (SSSR count). The molecule has 2 aromatic carbocycles. The predicted molar refractivity (Wildman–Crippen MR) is 102 cm³/mol. The number of nitrogens with one attached hydrogen (secondary N) is 2. The molecule has 0 unspecified atom stereocenters. The quantitative estimate of drug-likeness (QED) is 0.449. The Morgan fingerprint density at radius 1 is 1.08 bits per heavy atom. The summed E-state index contributed by atoms with van der Waals surface area (Å²) >= 11 is 11.8. The van der Waals surface area contributed by atoms with Crippen LogP contribution in [0, 0.1) is 0 Å². The Bertz CT molecular complexity index is 808. The maximum Gasteiger partial charge on any atom is 0.329 e. The van der Waals surface area contributed by atoms with E-state index in [0.29, 0.717) is 28.9 Å². The van der Waals surface area contributed by atoms with Gasteiger partial charge in [0.15, 0.2) is 0 Å². The van der Waals surface area contributed by atoms with Crippen molar-refractivity contribution < 1.29 is 14.3 Å². The fourth-order valence-corrected chi connectivity index (χ4v) is 2.22. The Morgan fingerprint density at radius 2 is 1.81 bits per heavy atom. The van der Waals surface area contributed by atoms with Gasteiger partial charge in [0, 0.05) is 6.54 Å². The maximum absolute atomic E-state index is 11.4. The third-order valence-electron chi connectivity index (χ3n) is 3.19. The minimum Gasteiger partial charge on any atom is -0.489 e. The topological polar surface area (TPSA) is 79.8 Å². The molecule has 8 heteroatoms. The average molecular weight is 394 g/mol. The Hall–Kier alpha value is -2.57. The molecule has 0 aromatic heterocycles. The highest BCUT2D eigenvalue weighted by molar-refractivity contribution is 6.42. The van der Waals surface area contributed by atoms with Gasteiger partial charge in [-0.3, -0.25) is 9.59 Å². The molecule has 2 N–H and O–H groups in total. The van der Waals surface area contributed by atoms with Gasteiger partial charge in [-0.2, -0.15) is 5.10 Å². The van der Waals surface area contributed by atoms with Crippen molar-refractivity contribution in [2.45, 2.75) is 13.5 Å². The molecule has 2 aromatic rings. The molecular formula is C18H17Cl2N3O3. The van der Waals surface area contributed by atoms with Crippen molar-refractivity contribution in [2.75, 3.05) is 6.54 Å². The Kier molecular flexibility index (Phi) is 7.44. The fourth-order valence-electron chi connectivity index (χ4n) is 1.90.